The summed E-state index contributed by atoms with van der Waals surface area (Å²) < 4.78 is 5.59. The first kappa shape index (κ1) is 12.3. The standard InChI is InChI=1S/C11H12Cl2N2O2/c1-4(2)9-11(16)15-6-3-5(14)7(12)8(13)10(6)17-9/h3-4,9H,14H2,1-2H3,(H,15,16). The normalized spacial score (nSPS) is 18.6. The van der Waals surface area contributed by atoms with Crippen LogP contribution < -0.4 is 15.8 Å². The third kappa shape index (κ3) is 2.03. The van der Waals surface area contributed by atoms with Crippen molar-refractivity contribution in [1.82, 2.24) is 0 Å². The smallest absolute Gasteiger partial charge is 0.265 e. The molecule has 6 heteroatoms. The molecule has 17 heavy (non-hydrogen) atoms. The van der Waals surface area contributed by atoms with E-state index in [1.807, 2.05) is 13.8 Å². The maximum atomic E-state index is 11.8. The van der Waals surface area contributed by atoms with Gasteiger partial charge in [-0.15, -0.1) is 0 Å². The third-order valence-electron chi connectivity index (χ3n) is 2.56. The van der Waals surface area contributed by atoms with E-state index in [1.165, 1.54) is 6.07 Å². The molecule has 0 saturated carbocycles. The molecule has 0 fully saturated rings. The van der Waals surface area contributed by atoms with Gasteiger partial charge in [-0.2, -0.15) is 0 Å². The van der Waals surface area contributed by atoms with Gasteiger partial charge in [0.1, 0.15) is 5.02 Å². The molecule has 1 aromatic carbocycles. The van der Waals surface area contributed by atoms with Crippen molar-refractivity contribution < 1.29 is 9.53 Å². The number of fused-ring (bicyclic) bond motifs is 1. The summed E-state index contributed by atoms with van der Waals surface area (Å²) in [5, 5.41) is 3.18. The topological polar surface area (TPSA) is 64.3 Å². The van der Waals surface area contributed by atoms with E-state index in [9.17, 15) is 4.79 Å². The molecule has 1 amide bonds. The minimum absolute atomic E-state index is 0.0375. The lowest BCUT2D eigenvalue weighted by Crippen LogP contribution is -2.40. The number of benzene rings is 1. The highest BCUT2D eigenvalue weighted by molar-refractivity contribution is 6.45. The molecule has 1 aliphatic heterocycles. The van der Waals surface area contributed by atoms with Crippen molar-refractivity contribution in [3.63, 3.8) is 0 Å². The lowest BCUT2D eigenvalue weighted by Gasteiger charge is -2.29. The van der Waals surface area contributed by atoms with E-state index in [0.717, 1.165) is 0 Å². The molecule has 3 N–H and O–H groups in total. The molecular formula is C11H12Cl2N2O2. The van der Waals surface area contributed by atoms with Gasteiger partial charge in [-0.25, -0.2) is 0 Å². The SMILES string of the molecule is CC(C)C1Oc2c(cc(N)c(Cl)c2Cl)NC1=O. The molecule has 2 rings (SSSR count). The quantitative estimate of drug-likeness (QED) is 0.774. The minimum Gasteiger partial charge on any atom is -0.476 e. The van der Waals surface area contributed by atoms with Gasteiger partial charge in [0.05, 0.1) is 16.4 Å². The Labute approximate surface area is 109 Å². The molecule has 0 radical (unpaired) electrons. The van der Waals surface area contributed by atoms with Crippen molar-refractivity contribution in [3.8, 4) is 5.75 Å². The molecular weight excluding hydrogens is 263 g/mol. The van der Waals surface area contributed by atoms with Gasteiger partial charge in [0, 0.05) is 0 Å². The number of nitrogens with one attached hydrogen (secondary N) is 1. The van der Waals surface area contributed by atoms with E-state index in [4.69, 9.17) is 33.7 Å². The number of nitrogens with two attached hydrogens (primary N) is 1. The van der Waals surface area contributed by atoms with Crippen LogP contribution >= 0.6 is 23.2 Å². The number of hydrogen-bond acceptors (Lipinski definition) is 3. The fraction of sp³-hybridized carbons (Fsp3) is 0.364. The van der Waals surface area contributed by atoms with Gasteiger partial charge in [-0.05, 0) is 12.0 Å². The van der Waals surface area contributed by atoms with Crippen molar-refractivity contribution in [2.45, 2.75) is 20.0 Å². The van der Waals surface area contributed by atoms with E-state index >= 15 is 0 Å². The number of hydrogen-bond donors (Lipinski definition) is 2. The second-order valence-electron chi connectivity index (χ2n) is 4.24. The van der Waals surface area contributed by atoms with Gasteiger partial charge in [-0.1, -0.05) is 37.0 Å². The largest absolute Gasteiger partial charge is 0.476 e. The number of amides is 1. The van der Waals surface area contributed by atoms with Crippen LogP contribution in [0.5, 0.6) is 5.75 Å². The molecule has 1 heterocycles. The van der Waals surface area contributed by atoms with Crippen LogP contribution in [0, 0.1) is 5.92 Å². The summed E-state index contributed by atoms with van der Waals surface area (Å²) in [5.41, 5.74) is 6.43. The van der Waals surface area contributed by atoms with Crippen molar-refractivity contribution in [1.29, 1.82) is 0 Å². The summed E-state index contributed by atoms with van der Waals surface area (Å²) in [6.07, 6.45) is -0.570. The summed E-state index contributed by atoms with van der Waals surface area (Å²) >= 11 is 12.0. The number of carbonyl (C=O) groups is 1. The maximum absolute atomic E-state index is 11.8. The van der Waals surface area contributed by atoms with Gasteiger partial charge in [-0.3, -0.25) is 4.79 Å². The van der Waals surface area contributed by atoms with Crippen LogP contribution in [-0.2, 0) is 4.79 Å². The van der Waals surface area contributed by atoms with Crippen LogP contribution in [0.25, 0.3) is 0 Å². The molecule has 0 bridgehead atoms. The number of ether oxygens (including phenoxy) is 1. The highest BCUT2D eigenvalue weighted by Gasteiger charge is 2.32. The summed E-state index contributed by atoms with van der Waals surface area (Å²) in [7, 11) is 0. The summed E-state index contributed by atoms with van der Waals surface area (Å²) in [4.78, 5) is 11.8. The van der Waals surface area contributed by atoms with Crippen molar-refractivity contribution in [2.75, 3.05) is 11.1 Å². The summed E-state index contributed by atoms with van der Waals surface area (Å²) in [6.45, 7) is 3.78. The molecule has 92 valence electrons. The fourth-order valence-corrected chi connectivity index (χ4v) is 2.06. The lowest BCUT2D eigenvalue weighted by molar-refractivity contribution is -0.125. The van der Waals surface area contributed by atoms with Crippen LogP contribution in [0.15, 0.2) is 6.07 Å². The van der Waals surface area contributed by atoms with Crippen LogP contribution in [0.1, 0.15) is 13.8 Å². The van der Waals surface area contributed by atoms with E-state index < -0.39 is 6.10 Å². The zero-order valence-corrected chi connectivity index (χ0v) is 10.9. The Hall–Kier alpha value is -1.13. The van der Waals surface area contributed by atoms with Crippen LogP contribution in [0.3, 0.4) is 0 Å². The first-order valence-corrected chi connectivity index (χ1v) is 5.92. The zero-order chi connectivity index (χ0) is 12.7. The van der Waals surface area contributed by atoms with Crippen molar-refractivity contribution in [2.24, 2.45) is 5.92 Å². The van der Waals surface area contributed by atoms with Gasteiger partial charge >= 0.3 is 0 Å². The number of anilines is 2. The molecule has 1 aromatic rings. The Bertz CT molecular complexity index is 489. The molecule has 4 nitrogen and oxygen atoms in total. The highest BCUT2D eigenvalue weighted by atomic mass is 35.5. The first-order chi connectivity index (χ1) is 7.91. The first-order valence-electron chi connectivity index (χ1n) is 5.16. The van der Waals surface area contributed by atoms with E-state index in [-0.39, 0.29) is 21.9 Å². The van der Waals surface area contributed by atoms with Crippen molar-refractivity contribution >= 4 is 40.5 Å². The van der Waals surface area contributed by atoms with Crippen molar-refractivity contribution in [3.05, 3.63) is 16.1 Å². The van der Waals surface area contributed by atoms with Crippen LogP contribution in [0.4, 0.5) is 11.4 Å². The highest BCUT2D eigenvalue weighted by Crippen LogP contribution is 2.44. The number of rotatable bonds is 1. The van der Waals surface area contributed by atoms with Gasteiger partial charge in [0.15, 0.2) is 11.9 Å². The summed E-state index contributed by atoms with van der Waals surface area (Å²) in [6, 6.07) is 1.54. The summed E-state index contributed by atoms with van der Waals surface area (Å²) in [5.74, 6) is 0.213. The number of carbonyl (C=O) groups excluding carboxylic acids is 1. The average Bonchev–Trinajstić information content (AvgIpc) is 2.25. The van der Waals surface area contributed by atoms with E-state index in [2.05, 4.69) is 5.32 Å². The van der Waals surface area contributed by atoms with Gasteiger partial charge < -0.3 is 15.8 Å². The average molecular weight is 275 g/mol. The minimum atomic E-state index is -0.570. The van der Waals surface area contributed by atoms with Crippen LogP contribution in [-0.4, -0.2) is 12.0 Å². The maximum Gasteiger partial charge on any atom is 0.265 e. The Kier molecular flexibility index (Phi) is 3.10. The monoisotopic (exact) mass is 274 g/mol. The molecule has 1 unspecified atom stereocenters. The van der Waals surface area contributed by atoms with Gasteiger partial charge in [0.25, 0.3) is 5.91 Å². The Balaban J connectivity index is 2.50. The Morgan fingerprint density at radius 1 is 1.41 bits per heavy atom. The van der Waals surface area contributed by atoms with E-state index in [0.29, 0.717) is 17.1 Å². The predicted octanol–water partition coefficient (Wildman–Crippen LogP) is 2.93. The van der Waals surface area contributed by atoms with E-state index in [1.54, 1.807) is 0 Å². The lowest BCUT2D eigenvalue weighted by atomic mass is 10.0. The molecule has 0 aliphatic carbocycles. The Morgan fingerprint density at radius 2 is 2.06 bits per heavy atom. The molecule has 0 spiro atoms. The second kappa shape index (κ2) is 4.27. The fourth-order valence-electron chi connectivity index (χ4n) is 1.66. The second-order valence-corrected chi connectivity index (χ2v) is 5.00. The predicted molar refractivity (Wildman–Crippen MR) is 68.8 cm³/mol. The number of halogens is 2. The molecule has 1 atom stereocenters. The molecule has 0 saturated heterocycles. The number of nitrogen functional groups attached to an aromatic ring is 1. The molecule has 1 aliphatic rings. The zero-order valence-electron chi connectivity index (χ0n) is 9.38. The molecule has 0 aromatic heterocycles. The van der Waals surface area contributed by atoms with Gasteiger partial charge in [0.2, 0.25) is 0 Å². The van der Waals surface area contributed by atoms with Crippen LogP contribution in [0.2, 0.25) is 10.0 Å². The third-order valence-corrected chi connectivity index (χ3v) is 3.42. The Morgan fingerprint density at radius 3 is 2.65 bits per heavy atom.